The summed E-state index contributed by atoms with van der Waals surface area (Å²) >= 11 is 0. The molecule has 0 unspecified atom stereocenters. The van der Waals surface area contributed by atoms with E-state index in [4.69, 9.17) is 10.5 Å². The van der Waals surface area contributed by atoms with Crippen LogP contribution in [0.2, 0.25) is 0 Å². The van der Waals surface area contributed by atoms with Gasteiger partial charge in [0, 0.05) is 18.1 Å². The zero-order chi connectivity index (χ0) is 19.2. The first-order valence-corrected chi connectivity index (χ1v) is 8.10. The van der Waals surface area contributed by atoms with Crippen LogP contribution in [0.1, 0.15) is 38.4 Å². The van der Waals surface area contributed by atoms with Crippen LogP contribution in [0.5, 0.6) is 0 Å². The summed E-state index contributed by atoms with van der Waals surface area (Å²) < 4.78 is 13.4. The van der Waals surface area contributed by atoms with Crippen molar-refractivity contribution in [1.82, 2.24) is 9.97 Å². The van der Waals surface area contributed by atoms with Crippen molar-refractivity contribution in [3.63, 3.8) is 0 Å². The molecule has 0 bridgehead atoms. The average molecular weight is 356 g/mol. The molecule has 27 heavy (non-hydrogen) atoms. The molecule has 0 radical (unpaired) electrons. The first-order valence-electron chi connectivity index (χ1n) is 8.10. The van der Waals surface area contributed by atoms with E-state index in [-0.39, 0.29) is 23.5 Å². The number of carbonyl (C=O) groups is 1. The molecular weight excluding hydrogens is 343 g/mol. The van der Waals surface area contributed by atoms with E-state index >= 15 is 0 Å². The van der Waals surface area contributed by atoms with Crippen molar-refractivity contribution >= 4 is 5.78 Å². The molecule has 130 valence electrons. The van der Waals surface area contributed by atoms with Crippen molar-refractivity contribution in [2.45, 2.75) is 12.8 Å². The SMILES string of the molecule is N#Cc1ccc(C(=O)Cc2ccc(Cc3ccc(F)c(C#N)c3)cn2)nc1. The highest BCUT2D eigenvalue weighted by molar-refractivity contribution is 5.95. The maximum Gasteiger partial charge on any atom is 0.187 e. The van der Waals surface area contributed by atoms with Crippen LogP contribution in [-0.2, 0) is 12.8 Å². The number of nitriles is 2. The quantitative estimate of drug-likeness (QED) is 0.654. The number of Topliss-reactive ketones (excluding diaryl/α,β-unsaturated/α-hetero) is 1. The summed E-state index contributed by atoms with van der Waals surface area (Å²) in [7, 11) is 0. The smallest absolute Gasteiger partial charge is 0.187 e. The van der Waals surface area contributed by atoms with Crippen LogP contribution in [-0.4, -0.2) is 15.8 Å². The van der Waals surface area contributed by atoms with Gasteiger partial charge in [0.1, 0.15) is 23.6 Å². The number of hydrogen-bond acceptors (Lipinski definition) is 5. The molecule has 0 N–H and O–H groups in total. The van der Waals surface area contributed by atoms with E-state index in [0.29, 0.717) is 17.7 Å². The fourth-order valence-electron chi connectivity index (χ4n) is 2.55. The molecule has 0 saturated carbocycles. The monoisotopic (exact) mass is 356 g/mol. The van der Waals surface area contributed by atoms with Gasteiger partial charge in [-0.1, -0.05) is 12.1 Å². The van der Waals surface area contributed by atoms with Gasteiger partial charge in [0.25, 0.3) is 0 Å². The maximum atomic E-state index is 13.4. The number of benzene rings is 1. The Balaban J connectivity index is 1.67. The summed E-state index contributed by atoms with van der Waals surface area (Å²) in [6, 6.07) is 14.9. The van der Waals surface area contributed by atoms with Crippen molar-refractivity contribution in [2.24, 2.45) is 0 Å². The second-order valence-corrected chi connectivity index (χ2v) is 5.90. The van der Waals surface area contributed by atoms with Crippen molar-refractivity contribution in [1.29, 1.82) is 10.5 Å². The molecule has 0 spiro atoms. The minimum atomic E-state index is -0.537. The van der Waals surface area contributed by atoms with Crippen molar-refractivity contribution in [3.05, 3.63) is 94.3 Å². The van der Waals surface area contributed by atoms with E-state index in [9.17, 15) is 9.18 Å². The van der Waals surface area contributed by atoms with Gasteiger partial charge in [0.2, 0.25) is 0 Å². The lowest BCUT2D eigenvalue weighted by atomic mass is 10.0. The Bertz CT molecular complexity index is 1060. The third-order valence-electron chi connectivity index (χ3n) is 3.97. The van der Waals surface area contributed by atoms with Crippen LogP contribution in [0.25, 0.3) is 0 Å². The number of pyridine rings is 2. The fraction of sp³-hybridized carbons (Fsp3) is 0.0952. The molecule has 5 nitrogen and oxygen atoms in total. The molecule has 0 aliphatic rings. The Kier molecular flexibility index (Phi) is 5.30. The third-order valence-corrected chi connectivity index (χ3v) is 3.97. The minimum absolute atomic E-state index is 0.0117. The molecule has 0 fully saturated rings. The lowest BCUT2D eigenvalue weighted by Gasteiger charge is -2.05. The standard InChI is InChI=1S/C21H13FN4O/c22-19-5-2-14(8-17(19)11-24)7-15-1-4-18(25-12-15)9-21(27)20-6-3-16(10-23)13-26-20/h1-6,8,12-13H,7,9H2. The number of nitrogens with zero attached hydrogens (tertiary/aromatic N) is 4. The van der Waals surface area contributed by atoms with Crippen LogP contribution in [0.3, 0.4) is 0 Å². The summed E-state index contributed by atoms with van der Waals surface area (Å²) in [5.74, 6) is -0.721. The number of hydrogen-bond donors (Lipinski definition) is 0. The molecule has 0 atom stereocenters. The molecule has 0 aliphatic heterocycles. The number of aromatic nitrogens is 2. The molecule has 6 heteroatoms. The van der Waals surface area contributed by atoms with Crippen molar-refractivity contribution in [3.8, 4) is 12.1 Å². The predicted molar refractivity (Wildman–Crippen MR) is 95.1 cm³/mol. The van der Waals surface area contributed by atoms with Crippen LogP contribution in [0.15, 0.2) is 54.9 Å². The lowest BCUT2D eigenvalue weighted by Crippen LogP contribution is -2.07. The van der Waals surface area contributed by atoms with Crippen molar-refractivity contribution in [2.75, 3.05) is 0 Å². The van der Waals surface area contributed by atoms with E-state index in [1.165, 1.54) is 24.4 Å². The Morgan fingerprint density at radius 2 is 1.78 bits per heavy atom. The van der Waals surface area contributed by atoms with Crippen molar-refractivity contribution < 1.29 is 9.18 Å². The van der Waals surface area contributed by atoms with E-state index in [1.54, 1.807) is 24.4 Å². The van der Waals surface area contributed by atoms with Gasteiger partial charge in [0.15, 0.2) is 5.78 Å². The highest BCUT2D eigenvalue weighted by atomic mass is 19.1. The van der Waals surface area contributed by atoms with E-state index < -0.39 is 5.82 Å². The largest absolute Gasteiger partial charge is 0.292 e. The Morgan fingerprint density at radius 3 is 2.41 bits per heavy atom. The zero-order valence-electron chi connectivity index (χ0n) is 14.2. The Morgan fingerprint density at radius 1 is 0.963 bits per heavy atom. The second kappa shape index (κ2) is 7.99. The van der Waals surface area contributed by atoms with Gasteiger partial charge in [-0.3, -0.25) is 14.8 Å². The molecule has 2 heterocycles. The topological polar surface area (TPSA) is 90.4 Å². The van der Waals surface area contributed by atoms with Gasteiger partial charge in [0.05, 0.1) is 17.5 Å². The summed E-state index contributed by atoms with van der Waals surface area (Å²) in [5, 5.41) is 17.7. The molecular formula is C21H13FN4O. The highest BCUT2D eigenvalue weighted by Crippen LogP contribution is 2.14. The number of carbonyl (C=O) groups excluding carboxylic acids is 1. The average Bonchev–Trinajstić information content (AvgIpc) is 2.71. The third kappa shape index (κ3) is 4.39. The van der Waals surface area contributed by atoms with Gasteiger partial charge in [-0.25, -0.2) is 4.39 Å². The van der Waals surface area contributed by atoms with Gasteiger partial charge in [-0.15, -0.1) is 0 Å². The minimum Gasteiger partial charge on any atom is -0.292 e. The predicted octanol–water partition coefficient (Wildman–Crippen LogP) is 3.38. The molecule has 2 aromatic heterocycles. The molecule has 0 aliphatic carbocycles. The summed E-state index contributed by atoms with van der Waals surface area (Å²) in [4.78, 5) is 20.5. The van der Waals surface area contributed by atoms with E-state index in [1.807, 2.05) is 18.2 Å². The van der Waals surface area contributed by atoms with Crippen LogP contribution >= 0.6 is 0 Å². The summed E-state index contributed by atoms with van der Waals surface area (Å²) in [5.41, 5.74) is 2.99. The maximum absolute atomic E-state index is 13.4. The highest BCUT2D eigenvalue weighted by Gasteiger charge is 2.10. The van der Waals surface area contributed by atoms with Crippen LogP contribution < -0.4 is 0 Å². The number of rotatable bonds is 5. The fourth-order valence-corrected chi connectivity index (χ4v) is 2.55. The molecule has 3 aromatic rings. The van der Waals surface area contributed by atoms with Gasteiger partial charge >= 0.3 is 0 Å². The van der Waals surface area contributed by atoms with E-state index in [0.717, 1.165) is 11.1 Å². The zero-order valence-corrected chi connectivity index (χ0v) is 14.2. The second-order valence-electron chi connectivity index (χ2n) is 5.90. The normalized spacial score (nSPS) is 10.0. The molecule has 1 aromatic carbocycles. The van der Waals surface area contributed by atoms with E-state index in [2.05, 4.69) is 9.97 Å². The summed E-state index contributed by atoms with van der Waals surface area (Å²) in [6.45, 7) is 0. The van der Waals surface area contributed by atoms with Crippen LogP contribution in [0.4, 0.5) is 4.39 Å². The Labute approximate surface area is 155 Å². The van der Waals surface area contributed by atoms with Gasteiger partial charge < -0.3 is 0 Å². The lowest BCUT2D eigenvalue weighted by molar-refractivity contribution is 0.0987. The molecule has 3 rings (SSSR count). The first-order chi connectivity index (χ1) is 13.1. The van der Waals surface area contributed by atoms with Crippen LogP contribution in [0, 0.1) is 28.5 Å². The first kappa shape index (κ1) is 17.9. The van der Waals surface area contributed by atoms with Gasteiger partial charge in [-0.2, -0.15) is 10.5 Å². The Hall–Kier alpha value is -3.90. The number of ketones is 1. The number of halogens is 1. The molecule has 0 amide bonds. The van der Waals surface area contributed by atoms with Gasteiger partial charge in [-0.05, 0) is 47.9 Å². The summed E-state index contributed by atoms with van der Waals surface area (Å²) in [6.07, 6.45) is 3.63. The molecule has 0 saturated heterocycles.